The number of hydrogen-bond donors (Lipinski definition) is 1. The maximum absolute atomic E-state index is 8.90. The fourth-order valence-electron chi connectivity index (χ4n) is 1.39. The summed E-state index contributed by atoms with van der Waals surface area (Å²) in [6, 6.07) is 8.46. The monoisotopic (exact) mass is 280 g/mol. The maximum Gasteiger partial charge on any atom is 0.0684 e. The molecule has 16 heavy (non-hydrogen) atoms. The molecular weight excluding hydrogens is 264 g/mol. The number of halogens is 1. The topological polar surface area (TPSA) is 35.8 Å². The van der Waals surface area contributed by atoms with Crippen molar-refractivity contribution in [2.45, 2.75) is 27.2 Å². The number of nitrogens with zero attached hydrogens (tertiary/aromatic N) is 1. The van der Waals surface area contributed by atoms with Crippen LogP contribution in [0.4, 0.5) is 5.69 Å². The van der Waals surface area contributed by atoms with Crippen LogP contribution in [0.15, 0.2) is 22.7 Å². The summed E-state index contributed by atoms with van der Waals surface area (Å²) in [4.78, 5) is 0. The predicted octanol–water partition coefficient (Wildman–Crippen LogP) is 4.11. The fraction of sp³-hybridized carbons (Fsp3) is 0.462. The third kappa shape index (κ3) is 3.86. The van der Waals surface area contributed by atoms with Gasteiger partial charge in [-0.2, -0.15) is 5.26 Å². The fourth-order valence-corrected chi connectivity index (χ4v) is 1.87. The molecule has 3 heteroatoms. The van der Waals surface area contributed by atoms with Gasteiger partial charge in [-0.05, 0) is 51.0 Å². The molecule has 1 rings (SSSR count). The lowest BCUT2D eigenvalue weighted by molar-refractivity contribution is 0.466. The lowest BCUT2D eigenvalue weighted by Crippen LogP contribution is -2.14. The zero-order valence-corrected chi connectivity index (χ0v) is 11.6. The minimum Gasteiger partial charge on any atom is -0.385 e. The predicted molar refractivity (Wildman–Crippen MR) is 71.4 cm³/mol. The van der Waals surface area contributed by atoms with Gasteiger partial charge in [0.05, 0.1) is 11.5 Å². The van der Waals surface area contributed by atoms with Gasteiger partial charge in [0, 0.05) is 16.7 Å². The Morgan fingerprint density at radius 2 is 2.12 bits per heavy atom. The van der Waals surface area contributed by atoms with E-state index in [4.69, 9.17) is 5.26 Å². The molecule has 0 aliphatic heterocycles. The van der Waals surface area contributed by atoms with E-state index < -0.39 is 0 Å². The molecule has 0 amide bonds. The van der Waals surface area contributed by atoms with Gasteiger partial charge in [0.1, 0.15) is 0 Å². The number of hydrogen-bond acceptors (Lipinski definition) is 2. The van der Waals surface area contributed by atoms with Crippen LogP contribution in [0.5, 0.6) is 0 Å². The van der Waals surface area contributed by atoms with Crippen LogP contribution in [0, 0.1) is 23.7 Å². The minimum atomic E-state index is -0.254. The second-order valence-electron chi connectivity index (χ2n) is 4.63. The van der Waals surface area contributed by atoms with Gasteiger partial charge >= 0.3 is 0 Å². The van der Waals surface area contributed by atoms with Crippen LogP contribution in [0.25, 0.3) is 0 Å². The summed E-state index contributed by atoms with van der Waals surface area (Å²) in [6.45, 7) is 6.82. The van der Waals surface area contributed by atoms with E-state index in [-0.39, 0.29) is 5.41 Å². The van der Waals surface area contributed by atoms with E-state index in [0.29, 0.717) is 0 Å². The SMILES string of the molecule is Cc1cc(Br)ccc1NCCC(C)(C)C#N. The van der Waals surface area contributed by atoms with Crippen LogP contribution >= 0.6 is 15.9 Å². The zero-order chi connectivity index (χ0) is 12.2. The van der Waals surface area contributed by atoms with Gasteiger partial charge in [0.15, 0.2) is 0 Å². The summed E-state index contributed by atoms with van der Waals surface area (Å²) < 4.78 is 1.09. The van der Waals surface area contributed by atoms with Gasteiger partial charge in [-0.3, -0.25) is 0 Å². The number of nitrogens with one attached hydrogen (secondary N) is 1. The number of benzene rings is 1. The molecular formula is C13H17BrN2. The Hall–Kier alpha value is -1.01. The van der Waals surface area contributed by atoms with Crippen LogP contribution in [0.1, 0.15) is 25.8 Å². The molecule has 0 unspecified atom stereocenters. The molecule has 0 saturated carbocycles. The van der Waals surface area contributed by atoms with Gasteiger partial charge in [0.25, 0.3) is 0 Å². The Morgan fingerprint density at radius 3 is 2.69 bits per heavy atom. The van der Waals surface area contributed by atoms with E-state index in [9.17, 15) is 0 Å². The van der Waals surface area contributed by atoms with Crippen molar-refractivity contribution < 1.29 is 0 Å². The van der Waals surface area contributed by atoms with Crippen molar-refractivity contribution in [2.75, 3.05) is 11.9 Å². The Morgan fingerprint density at radius 1 is 1.44 bits per heavy atom. The van der Waals surface area contributed by atoms with E-state index in [2.05, 4.69) is 46.4 Å². The average molecular weight is 281 g/mol. The molecule has 1 aromatic rings. The number of anilines is 1. The van der Waals surface area contributed by atoms with Crippen molar-refractivity contribution in [3.8, 4) is 6.07 Å². The van der Waals surface area contributed by atoms with E-state index >= 15 is 0 Å². The molecule has 0 atom stereocenters. The summed E-state index contributed by atoms with van der Waals surface area (Å²) in [7, 11) is 0. The van der Waals surface area contributed by atoms with Crippen LogP contribution in [-0.4, -0.2) is 6.54 Å². The highest BCUT2D eigenvalue weighted by molar-refractivity contribution is 9.10. The third-order valence-electron chi connectivity index (χ3n) is 2.56. The lowest BCUT2D eigenvalue weighted by Gasteiger charge is -2.16. The molecule has 0 radical (unpaired) electrons. The smallest absolute Gasteiger partial charge is 0.0684 e. The van der Waals surface area contributed by atoms with Crippen molar-refractivity contribution >= 4 is 21.6 Å². The van der Waals surface area contributed by atoms with Crippen molar-refractivity contribution in [1.29, 1.82) is 5.26 Å². The van der Waals surface area contributed by atoms with Crippen LogP contribution in [0.2, 0.25) is 0 Å². The highest BCUT2D eigenvalue weighted by atomic mass is 79.9. The van der Waals surface area contributed by atoms with Gasteiger partial charge in [-0.1, -0.05) is 15.9 Å². The van der Waals surface area contributed by atoms with Crippen molar-refractivity contribution in [2.24, 2.45) is 5.41 Å². The van der Waals surface area contributed by atoms with E-state index in [0.717, 1.165) is 23.1 Å². The first-order valence-electron chi connectivity index (χ1n) is 5.36. The largest absolute Gasteiger partial charge is 0.385 e. The highest BCUT2D eigenvalue weighted by Crippen LogP contribution is 2.22. The molecule has 0 aliphatic carbocycles. The van der Waals surface area contributed by atoms with E-state index in [1.165, 1.54) is 5.56 Å². The molecule has 1 aromatic carbocycles. The van der Waals surface area contributed by atoms with Gasteiger partial charge in [0.2, 0.25) is 0 Å². The van der Waals surface area contributed by atoms with E-state index in [1.54, 1.807) is 0 Å². The van der Waals surface area contributed by atoms with E-state index in [1.807, 2.05) is 19.9 Å². The van der Waals surface area contributed by atoms with Gasteiger partial charge in [-0.25, -0.2) is 0 Å². The first kappa shape index (κ1) is 13.1. The maximum atomic E-state index is 8.90. The lowest BCUT2D eigenvalue weighted by atomic mass is 9.91. The molecule has 0 saturated heterocycles. The van der Waals surface area contributed by atoms with Crippen molar-refractivity contribution in [1.82, 2.24) is 0 Å². The van der Waals surface area contributed by atoms with Gasteiger partial charge < -0.3 is 5.32 Å². The summed E-state index contributed by atoms with van der Waals surface area (Å²) >= 11 is 3.44. The zero-order valence-electron chi connectivity index (χ0n) is 9.97. The second kappa shape index (κ2) is 5.36. The van der Waals surface area contributed by atoms with Crippen LogP contribution in [-0.2, 0) is 0 Å². The Labute approximate surface area is 106 Å². The molecule has 2 nitrogen and oxygen atoms in total. The summed E-state index contributed by atoms with van der Waals surface area (Å²) in [5.74, 6) is 0. The van der Waals surface area contributed by atoms with Gasteiger partial charge in [-0.15, -0.1) is 0 Å². The van der Waals surface area contributed by atoms with Crippen molar-refractivity contribution in [3.05, 3.63) is 28.2 Å². The summed E-state index contributed by atoms with van der Waals surface area (Å²) in [5.41, 5.74) is 2.09. The number of nitriles is 1. The average Bonchev–Trinajstić information content (AvgIpc) is 2.21. The highest BCUT2D eigenvalue weighted by Gasteiger charge is 2.15. The van der Waals surface area contributed by atoms with Crippen LogP contribution in [0.3, 0.4) is 0 Å². The first-order valence-corrected chi connectivity index (χ1v) is 6.15. The Balaban J connectivity index is 2.53. The summed E-state index contributed by atoms with van der Waals surface area (Å²) in [6.07, 6.45) is 0.846. The molecule has 86 valence electrons. The molecule has 1 N–H and O–H groups in total. The molecule has 0 aliphatic rings. The Bertz CT molecular complexity index is 405. The summed E-state index contributed by atoms with van der Waals surface area (Å²) in [5, 5.41) is 12.3. The number of aryl methyl sites for hydroxylation is 1. The molecule has 0 aromatic heterocycles. The quantitative estimate of drug-likeness (QED) is 0.901. The molecule has 0 bridgehead atoms. The number of rotatable bonds is 4. The normalized spacial score (nSPS) is 10.9. The first-order chi connectivity index (χ1) is 7.44. The minimum absolute atomic E-state index is 0.254. The standard InChI is InChI=1S/C13H17BrN2/c1-10-8-11(14)4-5-12(10)16-7-6-13(2,3)9-15/h4-5,8,16H,6-7H2,1-3H3. The third-order valence-corrected chi connectivity index (χ3v) is 3.05. The van der Waals surface area contributed by atoms with Crippen molar-refractivity contribution in [3.63, 3.8) is 0 Å². The molecule has 0 heterocycles. The molecule has 0 fully saturated rings. The second-order valence-corrected chi connectivity index (χ2v) is 5.55. The Kier molecular flexibility index (Phi) is 4.37. The molecule has 0 spiro atoms. The van der Waals surface area contributed by atoms with Crippen LogP contribution < -0.4 is 5.32 Å².